The van der Waals surface area contributed by atoms with Gasteiger partial charge in [-0.15, -0.1) is 11.6 Å². The van der Waals surface area contributed by atoms with E-state index in [4.69, 9.17) is 26.2 Å². The second-order valence-electron chi connectivity index (χ2n) is 1.81. The van der Waals surface area contributed by atoms with Crippen LogP contribution in [0.4, 0.5) is 0 Å². The van der Waals surface area contributed by atoms with Crippen LogP contribution in [0.2, 0.25) is 0 Å². The van der Waals surface area contributed by atoms with E-state index in [1.54, 1.807) is 0 Å². The van der Waals surface area contributed by atoms with Crippen molar-refractivity contribution in [3.8, 4) is 0 Å². The Hall–Kier alpha value is 0.170. The SMILES string of the molecule is OCC(Cl)C1OCCO1. The normalized spacial score (nSPS) is 24.7. The smallest absolute Gasteiger partial charge is 0.176 e. The third-order valence-corrected chi connectivity index (χ3v) is 1.46. The molecule has 1 rings (SSSR count). The largest absolute Gasteiger partial charge is 0.395 e. The van der Waals surface area contributed by atoms with E-state index < -0.39 is 11.7 Å². The molecule has 3 nitrogen and oxygen atoms in total. The molecule has 0 aliphatic carbocycles. The van der Waals surface area contributed by atoms with Gasteiger partial charge in [-0.05, 0) is 0 Å². The minimum Gasteiger partial charge on any atom is -0.395 e. The van der Waals surface area contributed by atoms with Gasteiger partial charge < -0.3 is 14.6 Å². The molecule has 1 unspecified atom stereocenters. The summed E-state index contributed by atoms with van der Waals surface area (Å²) in [4.78, 5) is 0. The van der Waals surface area contributed by atoms with E-state index in [1.165, 1.54) is 0 Å². The predicted octanol–water partition coefficient (Wildman–Crippen LogP) is -0.0410. The lowest BCUT2D eigenvalue weighted by atomic mass is 10.4. The molecule has 0 aromatic rings. The fourth-order valence-electron chi connectivity index (χ4n) is 0.672. The topological polar surface area (TPSA) is 38.7 Å². The number of alkyl halides is 1. The molecular weight excluding hydrogens is 144 g/mol. The Morgan fingerprint density at radius 2 is 2.11 bits per heavy atom. The van der Waals surface area contributed by atoms with Crippen molar-refractivity contribution < 1.29 is 14.6 Å². The molecule has 0 saturated carbocycles. The van der Waals surface area contributed by atoms with E-state index in [9.17, 15) is 0 Å². The van der Waals surface area contributed by atoms with Crippen molar-refractivity contribution in [1.29, 1.82) is 0 Å². The molecule has 1 saturated heterocycles. The molecule has 0 aromatic heterocycles. The first-order valence-electron chi connectivity index (χ1n) is 2.82. The molecule has 4 heteroatoms. The van der Waals surface area contributed by atoms with E-state index in [1.807, 2.05) is 0 Å². The van der Waals surface area contributed by atoms with Gasteiger partial charge in [0, 0.05) is 0 Å². The fourth-order valence-corrected chi connectivity index (χ4v) is 0.817. The van der Waals surface area contributed by atoms with E-state index in [0.717, 1.165) is 0 Å². The summed E-state index contributed by atoms with van der Waals surface area (Å²) < 4.78 is 9.98. The first-order valence-corrected chi connectivity index (χ1v) is 3.26. The number of hydrogen-bond donors (Lipinski definition) is 1. The molecule has 1 aliphatic rings. The minimum absolute atomic E-state index is 0.105. The summed E-state index contributed by atoms with van der Waals surface area (Å²) in [5.74, 6) is 0. The summed E-state index contributed by atoms with van der Waals surface area (Å²) >= 11 is 5.57. The number of ether oxygens (including phenoxy) is 2. The van der Waals surface area contributed by atoms with Crippen molar-refractivity contribution in [2.24, 2.45) is 0 Å². The van der Waals surface area contributed by atoms with Crippen LogP contribution in [-0.2, 0) is 9.47 Å². The third kappa shape index (κ3) is 1.79. The number of aliphatic hydroxyl groups excluding tert-OH is 1. The van der Waals surface area contributed by atoms with Gasteiger partial charge in [0.25, 0.3) is 0 Å². The summed E-state index contributed by atoms with van der Waals surface area (Å²) in [5.41, 5.74) is 0. The van der Waals surface area contributed by atoms with Crippen molar-refractivity contribution in [2.75, 3.05) is 19.8 Å². The highest BCUT2D eigenvalue weighted by molar-refractivity contribution is 6.21. The summed E-state index contributed by atoms with van der Waals surface area (Å²) in [7, 11) is 0. The Labute approximate surface area is 58.5 Å². The minimum atomic E-state index is -0.424. The van der Waals surface area contributed by atoms with E-state index >= 15 is 0 Å². The molecule has 1 N–H and O–H groups in total. The van der Waals surface area contributed by atoms with Gasteiger partial charge >= 0.3 is 0 Å². The Balaban J connectivity index is 2.24. The first kappa shape index (κ1) is 7.28. The van der Waals surface area contributed by atoms with Crippen molar-refractivity contribution in [2.45, 2.75) is 11.7 Å². The van der Waals surface area contributed by atoms with Crippen LogP contribution in [0, 0.1) is 0 Å². The van der Waals surface area contributed by atoms with Gasteiger partial charge in [0.2, 0.25) is 0 Å². The van der Waals surface area contributed by atoms with Crippen LogP contribution in [-0.4, -0.2) is 36.6 Å². The van der Waals surface area contributed by atoms with Gasteiger partial charge in [0.05, 0.1) is 19.8 Å². The third-order valence-electron chi connectivity index (χ3n) is 1.12. The highest BCUT2D eigenvalue weighted by Gasteiger charge is 2.23. The summed E-state index contributed by atoms with van der Waals surface area (Å²) in [6.07, 6.45) is -0.406. The van der Waals surface area contributed by atoms with Gasteiger partial charge in [-0.25, -0.2) is 0 Å². The number of rotatable bonds is 2. The fraction of sp³-hybridized carbons (Fsp3) is 1.00. The monoisotopic (exact) mass is 152 g/mol. The Bertz CT molecular complexity index is 82.3. The molecule has 9 heavy (non-hydrogen) atoms. The van der Waals surface area contributed by atoms with Crippen LogP contribution >= 0.6 is 11.6 Å². The van der Waals surface area contributed by atoms with Gasteiger partial charge in [0.1, 0.15) is 5.38 Å². The van der Waals surface area contributed by atoms with Crippen LogP contribution in [0.15, 0.2) is 0 Å². The van der Waals surface area contributed by atoms with Crippen molar-refractivity contribution in [3.63, 3.8) is 0 Å². The predicted molar refractivity (Wildman–Crippen MR) is 32.4 cm³/mol. The van der Waals surface area contributed by atoms with Crippen LogP contribution in [0.25, 0.3) is 0 Å². The zero-order chi connectivity index (χ0) is 6.69. The van der Waals surface area contributed by atoms with Crippen molar-refractivity contribution in [3.05, 3.63) is 0 Å². The average Bonchev–Trinajstić information content (AvgIpc) is 2.37. The molecule has 0 spiro atoms. The standard InChI is InChI=1S/C5H9ClO3/c6-4(3-7)5-8-1-2-9-5/h4-5,7H,1-3H2. The zero-order valence-corrected chi connectivity index (χ0v) is 5.67. The quantitative estimate of drug-likeness (QED) is 0.565. The highest BCUT2D eigenvalue weighted by atomic mass is 35.5. The number of halogens is 1. The maximum absolute atomic E-state index is 8.50. The molecule has 0 bridgehead atoms. The second kappa shape index (κ2) is 3.37. The van der Waals surface area contributed by atoms with Crippen LogP contribution in [0.3, 0.4) is 0 Å². The molecule has 1 aliphatic heterocycles. The first-order chi connectivity index (χ1) is 4.34. The lowest BCUT2D eigenvalue weighted by molar-refractivity contribution is -0.0514. The van der Waals surface area contributed by atoms with Gasteiger partial charge in [-0.1, -0.05) is 0 Å². The number of hydrogen-bond acceptors (Lipinski definition) is 3. The Morgan fingerprint density at radius 1 is 1.56 bits per heavy atom. The zero-order valence-electron chi connectivity index (χ0n) is 4.92. The molecule has 0 radical (unpaired) electrons. The van der Waals surface area contributed by atoms with E-state index in [2.05, 4.69) is 0 Å². The summed E-state index contributed by atoms with van der Waals surface area (Å²) in [6.45, 7) is 1.05. The van der Waals surface area contributed by atoms with Crippen LogP contribution < -0.4 is 0 Å². The molecule has 0 amide bonds. The summed E-state index contributed by atoms with van der Waals surface area (Å²) in [5, 5.41) is 8.08. The lowest BCUT2D eigenvalue weighted by Crippen LogP contribution is -2.24. The van der Waals surface area contributed by atoms with E-state index in [-0.39, 0.29) is 6.61 Å². The molecular formula is C5H9ClO3. The molecule has 54 valence electrons. The van der Waals surface area contributed by atoms with Gasteiger partial charge in [0.15, 0.2) is 6.29 Å². The van der Waals surface area contributed by atoms with Crippen LogP contribution in [0.5, 0.6) is 0 Å². The lowest BCUT2D eigenvalue weighted by Gasteiger charge is -2.11. The Kier molecular flexibility index (Phi) is 2.72. The average molecular weight is 153 g/mol. The van der Waals surface area contributed by atoms with Gasteiger partial charge in [-0.2, -0.15) is 0 Å². The maximum Gasteiger partial charge on any atom is 0.176 e. The molecule has 1 fully saturated rings. The van der Waals surface area contributed by atoms with Crippen LogP contribution in [0.1, 0.15) is 0 Å². The summed E-state index contributed by atoms with van der Waals surface area (Å²) in [6, 6.07) is 0. The van der Waals surface area contributed by atoms with Gasteiger partial charge in [-0.3, -0.25) is 0 Å². The molecule has 1 atom stereocenters. The number of aliphatic hydroxyl groups is 1. The highest BCUT2D eigenvalue weighted by Crippen LogP contribution is 2.12. The van der Waals surface area contributed by atoms with E-state index in [0.29, 0.717) is 13.2 Å². The maximum atomic E-state index is 8.50. The second-order valence-corrected chi connectivity index (χ2v) is 2.37. The van der Waals surface area contributed by atoms with Crippen molar-refractivity contribution >= 4 is 11.6 Å². The molecule has 0 aromatic carbocycles. The molecule has 1 heterocycles. The van der Waals surface area contributed by atoms with Crippen molar-refractivity contribution in [1.82, 2.24) is 0 Å². The Morgan fingerprint density at radius 3 is 2.56 bits per heavy atom.